The number of hydrogen-bond acceptors (Lipinski definition) is 10. The summed E-state index contributed by atoms with van der Waals surface area (Å²) in [5.41, 5.74) is 0.697. The first kappa shape index (κ1) is 54.2. The lowest BCUT2D eigenvalue weighted by Crippen LogP contribution is -2.59. The number of piperidine rings is 1. The van der Waals surface area contributed by atoms with E-state index >= 15 is 8.78 Å². The van der Waals surface area contributed by atoms with E-state index in [1.807, 2.05) is 65.0 Å². The minimum Gasteiger partial charge on any atom is -0.460 e. The van der Waals surface area contributed by atoms with Gasteiger partial charge in [-0.15, -0.1) is 0 Å². The average molecular weight is 916 g/mol. The van der Waals surface area contributed by atoms with Crippen molar-refractivity contribution in [2.75, 3.05) is 20.8 Å². The Morgan fingerprint density at radius 3 is 2.31 bits per heavy atom. The smallest absolute Gasteiger partial charge is 0.329 e. The van der Waals surface area contributed by atoms with Gasteiger partial charge >= 0.3 is 5.97 Å². The van der Waals surface area contributed by atoms with Crippen LogP contribution in [0, 0.1) is 40.9 Å². The van der Waals surface area contributed by atoms with E-state index in [4.69, 9.17) is 18.9 Å². The number of hydrogen-bond donors (Lipinski definition) is 1. The molecule has 4 rings (SSSR count). The van der Waals surface area contributed by atoms with Gasteiger partial charge in [0.2, 0.25) is 0 Å². The van der Waals surface area contributed by atoms with Gasteiger partial charge in [-0.2, -0.15) is 0 Å². The number of esters is 1. The molecule has 4 aliphatic rings. The maximum Gasteiger partial charge on any atom is 0.329 e. The average Bonchev–Trinajstić information content (AvgIpc) is 3.26. The standard InChI is InChI=1S/C52H79F2NO10/c1-31-17-13-12-14-18-36(6)51(8,9)30-39-22-20-37(7)52(54,65-39)48(59)49(60)55-24-16-15-19-40(55)50(61)64-43(33(3)27-38-21-23-41(56)44(28-38)62-10)29-42(57)32(2)26-34(4)45(53)47(63-11)46(58)35(5)25-31/h12-14,17-18,26,31-33,35,37-41,43-45,47,56H,15-16,19-25,27-30H2,1-11H3/b14-12+,17-13+,34-26+,36-18+/t31-,32-,33-,35-,37-,38+,39+,40?,41+,43+,44-,45?,47-,52-/m1/s1. The minimum atomic E-state index is -2.90. The maximum atomic E-state index is 17.1. The number of nitrogens with zero attached hydrogens (tertiary/aromatic N) is 1. The van der Waals surface area contributed by atoms with E-state index < -0.39 is 83.3 Å². The Morgan fingerprint density at radius 1 is 0.923 bits per heavy atom. The Bertz CT molecular complexity index is 1790. The molecular weight excluding hydrogens is 837 g/mol. The molecule has 0 aromatic rings. The van der Waals surface area contributed by atoms with Crippen LogP contribution in [0.1, 0.15) is 139 Å². The van der Waals surface area contributed by atoms with Gasteiger partial charge in [0.25, 0.3) is 17.5 Å². The second-order valence-corrected chi connectivity index (χ2v) is 20.6. The Labute approximate surface area is 387 Å². The Hall–Kier alpha value is -3.39. The van der Waals surface area contributed by atoms with Gasteiger partial charge in [0.1, 0.15) is 17.9 Å². The second kappa shape index (κ2) is 24.1. The first-order valence-electron chi connectivity index (χ1n) is 24.1. The summed E-state index contributed by atoms with van der Waals surface area (Å²) in [6, 6.07) is -1.20. The summed E-state index contributed by atoms with van der Waals surface area (Å²) in [4.78, 5) is 71.4. The number of aliphatic hydroxyl groups excluding tert-OH is 1. The number of ether oxygens (including phenoxy) is 4. The molecule has 2 saturated heterocycles. The number of allylic oxidation sites excluding steroid dienone is 7. The second-order valence-electron chi connectivity index (χ2n) is 20.6. The summed E-state index contributed by atoms with van der Waals surface area (Å²) < 4.78 is 56.5. The molecule has 1 N–H and O–H groups in total. The van der Waals surface area contributed by atoms with E-state index in [1.54, 1.807) is 27.9 Å². The topological polar surface area (TPSA) is 146 Å². The van der Waals surface area contributed by atoms with Crippen molar-refractivity contribution in [3.05, 3.63) is 47.6 Å². The van der Waals surface area contributed by atoms with E-state index in [-0.39, 0.29) is 60.4 Å². The number of alkyl halides is 2. The lowest BCUT2D eigenvalue weighted by molar-refractivity contribution is -0.231. The molecule has 3 aliphatic heterocycles. The zero-order chi connectivity index (χ0) is 48.4. The highest BCUT2D eigenvalue weighted by molar-refractivity contribution is 6.39. The maximum absolute atomic E-state index is 17.1. The van der Waals surface area contributed by atoms with Gasteiger partial charge in [-0.05, 0) is 113 Å². The molecule has 1 amide bonds. The van der Waals surface area contributed by atoms with E-state index in [0.29, 0.717) is 64.2 Å². The minimum absolute atomic E-state index is 0.0151. The molecule has 3 heterocycles. The number of carbonyl (C=O) groups is 5. The van der Waals surface area contributed by atoms with Gasteiger partial charge in [-0.1, -0.05) is 90.5 Å². The molecule has 2 unspecified atom stereocenters. The van der Waals surface area contributed by atoms with Crippen molar-refractivity contribution in [3.63, 3.8) is 0 Å². The fourth-order valence-corrected chi connectivity index (χ4v) is 10.2. The van der Waals surface area contributed by atoms with Gasteiger partial charge in [-0.3, -0.25) is 19.2 Å². The Balaban J connectivity index is 1.71. The number of carbonyl (C=O) groups excluding carboxylic acids is 5. The molecular formula is C52H79F2NO10. The summed E-state index contributed by atoms with van der Waals surface area (Å²) in [6.07, 6.45) is 10.3. The SMILES string of the molecule is CO[C@H]1C(=O)[C@H](C)C[C@H](C)/C=C/C=C/C=C(\C)C(C)(C)C[C@@H]2CC[C@@H](C)[C@@](F)(O2)C(=O)C(=O)N2CCCCC2C(=O)O[C@H]([C@H](C)C[C@@H]2CC[C@H](O)[C@H](OC)C2)CC(=O)[C@H](C)/C=C(\C)C1F. The number of amides is 1. The van der Waals surface area contributed by atoms with Crippen LogP contribution in [0.3, 0.4) is 0 Å². The predicted molar refractivity (Wildman–Crippen MR) is 246 cm³/mol. The molecule has 1 saturated carbocycles. The van der Waals surface area contributed by atoms with E-state index in [2.05, 4.69) is 0 Å². The van der Waals surface area contributed by atoms with Crippen LogP contribution >= 0.6 is 0 Å². The monoisotopic (exact) mass is 916 g/mol. The predicted octanol–water partition coefficient (Wildman–Crippen LogP) is 9.15. The molecule has 366 valence electrons. The number of rotatable bonds is 5. The van der Waals surface area contributed by atoms with Crippen molar-refractivity contribution in [1.29, 1.82) is 0 Å². The van der Waals surface area contributed by atoms with Crippen molar-refractivity contribution in [3.8, 4) is 0 Å². The normalized spacial score (nSPS) is 40.1. The highest BCUT2D eigenvalue weighted by Crippen LogP contribution is 2.43. The molecule has 1 aliphatic carbocycles. The van der Waals surface area contributed by atoms with Crippen LogP contribution < -0.4 is 0 Å². The zero-order valence-electron chi connectivity index (χ0n) is 41.0. The van der Waals surface area contributed by atoms with Gasteiger partial charge in [-0.25, -0.2) is 13.6 Å². The van der Waals surface area contributed by atoms with Crippen molar-refractivity contribution in [2.24, 2.45) is 40.9 Å². The Kier molecular flexibility index (Phi) is 20.1. The fraction of sp³-hybridized carbons (Fsp3) is 0.750. The van der Waals surface area contributed by atoms with Crippen molar-refractivity contribution >= 4 is 29.2 Å². The summed E-state index contributed by atoms with van der Waals surface area (Å²) in [7, 11) is 2.85. The third-order valence-corrected chi connectivity index (χ3v) is 14.9. The van der Waals surface area contributed by atoms with Crippen LogP contribution in [0.4, 0.5) is 8.78 Å². The van der Waals surface area contributed by atoms with Crippen LogP contribution in [0.5, 0.6) is 0 Å². The van der Waals surface area contributed by atoms with E-state index in [1.165, 1.54) is 20.1 Å². The van der Waals surface area contributed by atoms with Crippen LogP contribution in [0.25, 0.3) is 0 Å². The summed E-state index contributed by atoms with van der Waals surface area (Å²) in [5, 5.41) is 10.5. The quantitative estimate of drug-likeness (QED) is 0.161. The van der Waals surface area contributed by atoms with Crippen LogP contribution in [0.2, 0.25) is 0 Å². The Morgan fingerprint density at radius 2 is 1.63 bits per heavy atom. The van der Waals surface area contributed by atoms with Crippen molar-refractivity contribution in [2.45, 2.75) is 188 Å². The number of aliphatic hydroxyl groups is 1. The highest BCUT2D eigenvalue weighted by Gasteiger charge is 2.55. The van der Waals surface area contributed by atoms with Crippen molar-refractivity contribution < 1.29 is 56.8 Å². The number of Topliss-reactive ketones (excluding diaryl/α,β-unsaturated/α-hetero) is 3. The number of methoxy groups -OCH3 is 2. The largest absolute Gasteiger partial charge is 0.460 e. The fourth-order valence-electron chi connectivity index (χ4n) is 10.2. The van der Waals surface area contributed by atoms with Gasteiger partial charge in [0, 0.05) is 44.9 Å². The zero-order valence-corrected chi connectivity index (χ0v) is 41.0. The number of ketones is 3. The number of cyclic esters (lactones) is 1. The van der Waals surface area contributed by atoms with Crippen molar-refractivity contribution in [1.82, 2.24) is 4.90 Å². The lowest BCUT2D eigenvalue weighted by Gasteiger charge is -2.42. The molecule has 0 spiro atoms. The number of halogens is 2. The molecule has 0 radical (unpaired) electrons. The number of fused-ring (bicyclic) bond motifs is 3. The first-order valence-corrected chi connectivity index (χ1v) is 24.1. The third-order valence-electron chi connectivity index (χ3n) is 14.9. The van der Waals surface area contributed by atoms with Gasteiger partial charge in [0.15, 0.2) is 18.1 Å². The molecule has 11 nitrogen and oxygen atoms in total. The molecule has 14 atom stereocenters. The third kappa shape index (κ3) is 14.1. The lowest BCUT2D eigenvalue weighted by atomic mass is 9.77. The van der Waals surface area contributed by atoms with Gasteiger partial charge in [0.05, 0.1) is 18.3 Å². The summed E-state index contributed by atoms with van der Waals surface area (Å²) in [6.45, 7) is 16.4. The first-order chi connectivity index (χ1) is 30.5. The van der Waals surface area contributed by atoms with Crippen LogP contribution in [-0.4, -0.2) is 109 Å². The molecule has 2 bridgehead atoms. The summed E-state index contributed by atoms with van der Waals surface area (Å²) >= 11 is 0. The molecule has 65 heavy (non-hydrogen) atoms. The highest BCUT2D eigenvalue weighted by atomic mass is 19.2. The van der Waals surface area contributed by atoms with Crippen LogP contribution in [0.15, 0.2) is 47.6 Å². The molecule has 13 heteroatoms. The summed E-state index contributed by atoms with van der Waals surface area (Å²) in [5.74, 6) is -9.44. The van der Waals surface area contributed by atoms with E-state index in [0.717, 1.165) is 10.5 Å². The molecule has 0 aromatic heterocycles. The van der Waals surface area contributed by atoms with E-state index in [9.17, 15) is 29.1 Å². The van der Waals surface area contributed by atoms with Gasteiger partial charge < -0.3 is 29.0 Å². The molecule has 0 aromatic carbocycles. The molecule has 3 fully saturated rings. The van der Waals surface area contributed by atoms with Crippen LogP contribution in [-0.2, 0) is 42.9 Å².